The molecule has 256 valence electrons. The molecule has 2 aromatic heterocycles. The van der Waals surface area contributed by atoms with Gasteiger partial charge in [0.1, 0.15) is 18.2 Å². The topological polar surface area (TPSA) is 148 Å². The molecule has 13 heteroatoms. The molecule has 2 fully saturated rings. The van der Waals surface area contributed by atoms with E-state index in [4.69, 9.17) is 21.3 Å². The molecule has 0 spiro atoms. The Bertz CT molecular complexity index is 1730. The number of fused-ring (bicyclic) bond motifs is 5. The summed E-state index contributed by atoms with van der Waals surface area (Å²) in [6.07, 6.45) is 3.43. The zero-order chi connectivity index (χ0) is 34.5. The lowest BCUT2D eigenvalue weighted by Crippen LogP contribution is -2.61. The maximum absolute atomic E-state index is 14.4. The van der Waals surface area contributed by atoms with Gasteiger partial charge in [0.2, 0.25) is 23.5 Å². The molecular weight excluding hydrogens is 634 g/mol. The number of benzene rings is 1. The number of carbonyl (C=O) groups is 4. The molecule has 2 aliphatic heterocycles. The van der Waals surface area contributed by atoms with Crippen LogP contribution in [0.1, 0.15) is 83.9 Å². The summed E-state index contributed by atoms with van der Waals surface area (Å²) in [7, 11) is 0. The van der Waals surface area contributed by atoms with E-state index in [0.717, 1.165) is 23.9 Å². The minimum absolute atomic E-state index is 0.0789. The van der Waals surface area contributed by atoms with E-state index in [1.165, 1.54) is 11.1 Å². The van der Waals surface area contributed by atoms with Crippen molar-refractivity contribution < 1.29 is 23.9 Å². The van der Waals surface area contributed by atoms with Crippen LogP contribution in [-0.2, 0) is 9.59 Å². The molecule has 3 aliphatic rings. The van der Waals surface area contributed by atoms with Gasteiger partial charge in [-0.15, -0.1) is 0 Å². The average Bonchev–Trinajstić information content (AvgIpc) is 3.57. The lowest BCUT2D eigenvalue weighted by Gasteiger charge is -2.38. The molecule has 12 nitrogen and oxygen atoms in total. The molecule has 4 heterocycles. The number of Topliss-reactive ketones (excluding diaryl/α,β-unsaturated/α-hetero) is 1. The van der Waals surface area contributed by atoms with Crippen molar-refractivity contribution in [3.63, 3.8) is 0 Å². The number of carbonyl (C=O) groups excluding carboxylic acids is 4. The predicted molar refractivity (Wildman–Crippen MR) is 181 cm³/mol. The number of likely N-dealkylation sites (tertiary alicyclic amines) is 1. The van der Waals surface area contributed by atoms with Crippen LogP contribution in [0.4, 0.5) is 4.79 Å². The normalized spacial score (nSPS) is 24.5. The Morgan fingerprint density at radius 3 is 2.42 bits per heavy atom. The quantitative estimate of drug-likeness (QED) is 0.344. The molecule has 0 radical (unpaired) electrons. The maximum Gasteiger partial charge on any atom is 0.315 e. The molecule has 4 amide bonds. The average molecular weight is 678 g/mol. The zero-order valence-corrected chi connectivity index (χ0v) is 29.0. The minimum Gasteiger partial charge on any atom is -0.472 e. The van der Waals surface area contributed by atoms with Gasteiger partial charge in [0, 0.05) is 30.3 Å². The fraction of sp³-hybridized carbons (Fsp3) is 0.543. The van der Waals surface area contributed by atoms with Gasteiger partial charge >= 0.3 is 6.03 Å². The molecule has 1 aliphatic carbocycles. The minimum atomic E-state index is -0.960. The van der Waals surface area contributed by atoms with Crippen LogP contribution >= 0.6 is 11.6 Å². The van der Waals surface area contributed by atoms with E-state index in [1.54, 1.807) is 12.1 Å². The predicted octanol–water partition coefficient (Wildman–Crippen LogP) is 4.67. The van der Waals surface area contributed by atoms with Crippen molar-refractivity contribution >= 4 is 46.3 Å². The second-order valence-electron chi connectivity index (χ2n) is 15.3. The molecule has 3 N–H and O–H groups in total. The molecule has 6 rings (SSSR count). The second kappa shape index (κ2) is 12.7. The second-order valence-corrected chi connectivity index (χ2v) is 15.7. The van der Waals surface area contributed by atoms with Gasteiger partial charge in [-0.25, -0.2) is 14.8 Å². The maximum atomic E-state index is 14.4. The molecule has 1 aromatic carbocycles. The number of imidazole rings is 1. The summed E-state index contributed by atoms with van der Waals surface area (Å²) in [6, 6.07) is 7.92. The van der Waals surface area contributed by atoms with Gasteiger partial charge < -0.3 is 30.2 Å². The van der Waals surface area contributed by atoms with Gasteiger partial charge in [-0.3, -0.25) is 14.4 Å². The largest absolute Gasteiger partial charge is 0.472 e. The van der Waals surface area contributed by atoms with Crippen molar-refractivity contribution in [1.82, 2.24) is 35.4 Å². The Labute approximate surface area is 285 Å². The standard InChI is InChI=1S/C35H44ClN7O5/c1-34(2,3)29(40-33(47)41-35(4,5)6)32(46)42-18-21(48-27-14-12-20(36)17-37-27)16-26(42)31(45)39-23-15-19-11-13-24(19)43-25-10-8-7-9-22(25)38-30(43)28(23)44/h7-10,12,14,17,19,21,23-24,26,29H,11,13,15-16,18H2,1-6H3,(H,39,45)(H2,40,41,47)/t19?,21-,23?,24?,26+,29-/m1/s1. The van der Waals surface area contributed by atoms with Crippen LogP contribution in [0.25, 0.3) is 11.0 Å². The Hall–Kier alpha value is -4.19. The number of hydrogen-bond donors (Lipinski definition) is 3. The van der Waals surface area contributed by atoms with Crippen LogP contribution in [0.3, 0.4) is 0 Å². The number of nitrogens with one attached hydrogen (secondary N) is 3. The SMILES string of the molecule is CC(C)(C)NC(=O)N[C@H](C(=O)N1C[C@H](Oc2ccc(Cl)cn2)C[C@H]1C(=O)NC1CC2CCC2n2c(nc3ccccc32)C1=O)C(C)(C)C. The summed E-state index contributed by atoms with van der Waals surface area (Å²) in [4.78, 5) is 66.0. The molecule has 1 saturated heterocycles. The number of halogens is 1. The molecule has 1 saturated carbocycles. The van der Waals surface area contributed by atoms with Crippen molar-refractivity contribution in [3.05, 3.63) is 53.4 Å². The number of ether oxygens (including phenoxy) is 1. The number of ketones is 1. The highest BCUT2D eigenvalue weighted by Crippen LogP contribution is 2.46. The molecule has 0 bridgehead atoms. The van der Waals surface area contributed by atoms with Crippen LogP contribution < -0.4 is 20.7 Å². The summed E-state index contributed by atoms with van der Waals surface area (Å²) in [6.45, 7) is 11.2. The number of amides is 4. The van der Waals surface area contributed by atoms with Crippen molar-refractivity contribution in [2.75, 3.05) is 6.54 Å². The van der Waals surface area contributed by atoms with Crippen LogP contribution in [-0.4, -0.2) is 79.4 Å². The molecular formula is C35H44ClN7O5. The molecule has 6 atom stereocenters. The Morgan fingerprint density at radius 1 is 1.02 bits per heavy atom. The number of hydrogen-bond acceptors (Lipinski definition) is 7. The number of aromatic nitrogens is 3. The number of pyridine rings is 1. The van der Waals surface area contributed by atoms with Crippen molar-refractivity contribution in [1.29, 1.82) is 0 Å². The number of urea groups is 1. The number of rotatable bonds is 6. The van der Waals surface area contributed by atoms with E-state index in [9.17, 15) is 19.2 Å². The highest BCUT2D eigenvalue weighted by molar-refractivity contribution is 6.30. The fourth-order valence-corrected chi connectivity index (χ4v) is 7.09. The lowest BCUT2D eigenvalue weighted by atomic mass is 9.76. The third-order valence-electron chi connectivity index (χ3n) is 9.41. The summed E-state index contributed by atoms with van der Waals surface area (Å²) < 4.78 is 8.18. The third kappa shape index (κ3) is 6.85. The van der Waals surface area contributed by atoms with Crippen LogP contribution in [0, 0.1) is 11.3 Å². The monoisotopic (exact) mass is 677 g/mol. The van der Waals surface area contributed by atoms with Crippen molar-refractivity contribution in [2.24, 2.45) is 11.3 Å². The number of para-hydroxylation sites is 2. The summed E-state index contributed by atoms with van der Waals surface area (Å²) in [5.74, 6) is -0.246. The first-order valence-corrected chi connectivity index (χ1v) is 17.0. The van der Waals surface area contributed by atoms with Crippen LogP contribution in [0.2, 0.25) is 5.02 Å². The van der Waals surface area contributed by atoms with E-state index in [1.807, 2.05) is 65.8 Å². The summed E-state index contributed by atoms with van der Waals surface area (Å²) in [5.41, 5.74) is 0.446. The van der Waals surface area contributed by atoms with E-state index < -0.39 is 53.0 Å². The van der Waals surface area contributed by atoms with Crippen LogP contribution in [0.5, 0.6) is 5.88 Å². The van der Waals surface area contributed by atoms with E-state index in [2.05, 4.69) is 25.5 Å². The Morgan fingerprint density at radius 2 is 1.77 bits per heavy atom. The third-order valence-corrected chi connectivity index (χ3v) is 9.63. The summed E-state index contributed by atoms with van der Waals surface area (Å²) in [5, 5.41) is 9.18. The highest BCUT2D eigenvalue weighted by Gasteiger charge is 2.48. The number of nitrogens with zero attached hydrogens (tertiary/aromatic N) is 4. The zero-order valence-electron chi connectivity index (χ0n) is 28.2. The van der Waals surface area contributed by atoms with E-state index in [-0.39, 0.29) is 30.7 Å². The molecule has 3 aromatic rings. The fourth-order valence-electron chi connectivity index (χ4n) is 6.98. The van der Waals surface area contributed by atoms with Crippen molar-refractivity contribution in [3.8, 4) is 5.88 Å². The van der Waals surface area contributed by atoms with Gasteiger partial charge in [0.25, 0.3) is 0 Å². The smallest absolute Gasteiger partial charge is 0.315 e. The van der Waals surface area contributed by atoms with Crippen molar-refractivity contribution in [2.45, 2.75) is 103 Å². The Kier molecular flexibility index (Phi) is 8.91. The van der Waals surface area contributed by atoms with Gasteiger partial charge in [0.15, 0.2) is 5.82 Å². The van der Waals surface area contributed by atoms with E-state index >= 15 is 0 Å². The van der Waals surface area contributed by atoms with Gasteiger partial charge in [0.05, 0.1) is 28.6 Å². The van der Waals surface area contributed by atoms with Crippen LogP contribution in [0.15, 0.2) is 42.6 Å². The van der Waals surface area contributed by atoms with Gasteiger partial charge in [-0.2, -0.15) is 0 Å². The summed E-state index contributed by atoms with van der Waals surface area (Å²) >= 11 is 6.01. The first-order valence-electron chi connectivity index (χ1n) is 16.6. The first kappa shape index (κ1) is 33.7. The molecule has 48 heavy (non-hydrogen) atoms. The highest BCUT2D eigenvalue weighted by atomic mass is 35.5. The van der Waals surface area contributed by atoms with Gasteiger partial charge in [-0.05, 0) is 69.6 Å². The van der Waals surface area contributed by atoms with Gasteiger partial charge in [-0.1, -0.05) is 44.5 Å². The molecule has 3 unspecified atom stereocenters. The lowest BCUT2D eigenvalue weighted by molar-refractivity contribution is -0.142. The van der Waals surface area contributed by atoms with E-state index in [0.29, 0.717) is 23.1 Å². The first-order chi connectivity index (χ1) is 22.6. The Balaban J connectivity index is 1.27.